The smallest absolute Gasteiger partial charge is 0.265 e. The van der Waals surface area contributed by atoms with Crippen molar-refractivity contribution in [3.63, 3.8) is 0 Å². The first kappa shape index (κ1) is 7.90. The van der Waals surface area contributed by atoms with Gasteiger partial charge in [0.25, 0.3) is 5.92 Å². The topological polar surface area (TPSA) is 61.8 Å². The van der Waals surface area contributed by atoms with E-state index in [-0.39, 0.29) is 12.5 Å². The summed E-state index contributed by atoms with van der Waals surface area (Å²) in [5.74, 6) is -2.57. The molecule has 0 saturated heterocycles. The number of hydrogen-bond acceptors (Lipinski definition) is 3. The third kappa shape index (κ3) is 1.08. The first-order valence-electron chi connectivity index (χ1n) is 3.82. The Morgan fingerprint density at radius 2 is 2.00 bits per heavy atom. The van der Waals surface area contributed by atoms with E-state index in [0.29, 0.717) is 6.42 Å². The lowest BCUT2D eigenvalue weighted by molar-refractivity contribution is 0.106. The Bertz CT molecular complexity index is 260. The van der Waals surface area contributed by atoms with E-state index >= 15 is 0 Å². The Balaban J connectivity index is 1.83. The molecule has 2 rings (SSSR count). The lowest BCUT2D eigenvalue weighted by atomic mass is 10.3. The molecule has 3 nitrogen and oxygen atoms in total. The van der Waals surface area contributed by atoms with E-state index in [4.69, 9.17) is 11.0 Å². The second-order valence-electron chi connectivity index (χ2n) is 3.59. The first-order valence-corrected chi connectivity index (χ1v) is 3.82. The maximum absolute atomic E-state index is 12.4. The zero-order valence-electron chi connectivity index (χ0n) is 6.35. The molecule has 0 spiro atoms. The van der Waals surface area contributed by atoms with Crippen molar-refractivity contribution in [2.45, 2.75) is 36.4 Å². The molecule has 0 aromatic heterocycles. The summed E-state index contributed by atoms with van der Waals surface area (Å²) in [5, 5.41) is 11.2. The van der Waals surface area contributed by atoms with Crippen molar-refractivity contribution in [2.24, 2.45) is 5.73 Å². The summed E-state index contributed by atoms with van der Waals surface area (Å²) in [6.45, 7) is 0. The van der Waals surface area contributed by atoms with Crippen molar-refractivity contribution >= 4 is 0 Å². The lowest BCUT2D eigenvalue weighted by Crippen LogP contribution is -2.35. The monoisotopic (exact) mass is 173 g/mol. The van der Waals surface area contributed by atoms with Crippen LogP contribution in [0, 0.1) is 11.3 Å². The Morgan fingerprint density at radius 1 is 1.42 bits per heavy atom. The Morgan fingerprint density at radius 3 is 2.33 bits per heavy atom. The van der Waals surface area contributed by atoms with Gasteiger partial charge in [0.2, 0.25) is 0 Å². The summed E-state index contributed by atoms with van der Waals surface area (Å²) < 4.78 is 24.7. The highest BCUT2D eigenvalue weighted by Gasteiger charge is 2.62. The maximum Gasteiger partial charge on any atom is 0.265 e. The lowest BCUT2D eigenvalue weighted by Gasteiger charge is -2.02. The molecule has 3 N–H and O–H groups in total. The molecule has 0 aromatic rings. The van der Waals surface area contributed by atoms with Crippen molar-refractivity contribution in [2.75, 3.05) is 0 Å². The summed E-state index contributed by atoms with van der Waals surface area (Å²) in [5.41, 5.74) is 4.60. The van der Waals surface area contributed by atoms with E-state index in [9.17, 15) is 8.78 Å². The molecule has 2 saturated carbocycles. The molecule has 2 aliphatic carbocycles. The molecule has 66 valence electrons. The third-order valence-electron chi connectivity index (χ3n) is 2.44. The molecule has 2 fully saturated rings. The number of nitrogens with two attached hydrogens (primary N) is 1. The van der Waals surface area contributed by atoms with E-state index in [1.54, 1.807) is 0 Å². The molecular weight excluding hydrogens is 164 g/mol. The van der Waals surface area contributed by atoms with Crippen molar-refractivity contribution < 1.29 is 8.78 Å². The minimum absolute atomic E-state index is 0.120. The van der Waals surface area contributed by atoms with Crippen molar-refractivity contribution in [1.82, 2.24) is 5.32 Å². The van der Waals surface area contributed by atoms with Crippen molar-refractivity contribution in [3.05, 3.63) is 0 Å². The molecule has 0 heterocycles. The molecule has 0 aromatic carbocycles. The Hall–Kier alpha value is -0.730. The minimum atomic E-state index is -2.57. The number of halogens is 2. The third-order valence-corrected chi connectivity index (χ3v) is 2.44. The fourth-order valence-electron chi connectivity index (χ4n) is 1.25. The molecule has 0 bridgehead atoms. The van der Waals surface area contributed by atoms with Crippen LogP contribution in [0.1, 0.15) is 12.8 Å². The molecule has 12 heavy (non-hydrogen) atoms. The summed E-state index contributed by atoms with van der Waals surface area (Å²) in [4.78, 5) is 0. The molecule has 0 amide bonds. The van der Waals surface area contributed by atoms with Gasteiger partial charge in [-0.15, -0.1) is 0 Å². The standard InChI is InChI=1S/C7H9F2N3/c8-7(9)2-5(7)12-4-1-6(4,11)3-10/h4-5,12H,1-2,11H2. The first-order chi connectivity index (χ1) is 5.48. The second kappa shape index (κ2) is 1.95. The van der Waals surface area contributed by atoms with Crippen LogP contribution in [0.5, 0.6) is 0 Å². The van der Waals surface area contributed by atoms with Crippen LogP contribution in [0.4, 0.5) is 8.78 Å². The predicted octanol–water partition coefficient (Wildman–Crippen LogP) is -0.0230. The largest absolute Gasteiger partial charge is 0.312 e. The zero-order chi connectivity index (χ0) is 8.98. The van der Waals surface area contributed by atoms with Crippen LogP contribution in [0.3, 0.4) is 0 Å². The second-order valence-corrected chi connectivity index (χ2v) is 3.59. The van der Waals surface area contributed by atoms with Gasteiger partial charge < -0.3 is 11.1 Å². The fraction of sp³-hybridized carbons (Fsp3) is 0.857. The molecule has 3 unspecified atom stereocenters. The summed E-state index contributed by atoms with van der Waals surface area (Å²) in [7, 11) is 0. The van der Waals surface area contributed by atoms with Gasteiger partial charge >= 0.3 is 0 Å². The van der Waals surface area contributed by atoms with Gasteiger partial charge in [0.15, 0.2) is 0 Å². The molecular formula is C7H9F2N3. The average molecular weight is 173 g/mol. The number of hydrogen-bond donors (Lipinski definition) is 2. The average Bonchev–Trinajstić information content (AvgIpc) is 2.77. The van der Waals surface area contributed by atoms with E-state index in [1.165, 1.54) is 0 Å². The van der Waals surface area contributed by atoms with Gasteiger partial charge in [0.05, 0.1) is 12.1 Å². The van der Waals surface area contributed by atoms with E-state index < -0.39 is 17.5 Å². The van der Waals surface area contributed by atoms with Gasteiger partial charge in [-0.3, -0.25) is 0 Å². The molecule has 3 atom stereocenters. The Kier molecular flexibility index (Phi) is 1.28. The highest BCUT2D eigenvalue weighted by atomic mass is 19.3. The van der Waals surface area contributed by atoms with Gasteiger partial charge in [0.1, 0.15) is 5.54 Å². The molecule has 0 aliphatic heterocycles. The molecule has 5 heteroatoms. The predicted molar refractivity (Wildman–Crippen MR) is 37.4 cm³/mol. The number of rotatable bonds is 2. The van der Waals surface area contributed by atoms with Crippen molar-refractivity contribution in [1.29, 1.82) is 5.26 Å². The SMILES string of the molecule is N#CC1(N)CC1NC1CC1(F)F. The van der Waals surface area contributed by atoms with Crippen LogP contribution in [-0.4, -0.2) is 23.5 Å². The highest BCUT2D eigenvalue weighted by Crippen LogP contribution is 2.45. The number of nitrogens with zero attached hydrogens (tertiary/aromatic N) is 1. The zero-order valence-corrected chi connectivity index (χ0v) is 6.35. The van der Waals surface area contributed by atoms with Crippen molar-refractivity contribution in [3.8, 4) is 6.07 Å². The van der Waals surface area contributed by atoms with Crippen LogP contribution in [0.2, 0.25) is 0 Å². The minimum Gasteiger partial charge on any atom is -0.312 e. The van der Waals surface area contributed by atoms with Gasteiger partial charge in [-0.25, -0.2) is 8.78 Å². The number of nitriles is 1. The highest BCUT2D eigenvalue weighted by molar-refractivity contribution is 5.28. The molecule has 2 aliphatic rings. The van der Waals surface area contributed by atoms with Gasteiger partial charge in [-0.2, -0.15) is 5.26 Å². The Labute approximate surface area is 68.5 Å². The number of alkyl halides is 2. The van der Waals surface area contributed by atoms with Crippen LogP contribution >= 0.6 is 0 Å². The van der Waals surface area contributed by atoms with Crippen LogP contribution in [0.15, 0.2) is 0 Å². The normalized spacial score (nSPS) is 48.2. The fourth-order valence-corrected chi connectivity index (χ4v) is 1.25. The summed E-state index contributed by atoms with van der Waals surface area (Å²) in [6, 6.07) is 0.912. The van der Waals surface area contributed by atoms with Gasteiger partial charge in [0, 0.05) is 12.5 Å². The van der Waals surface area contributed by atoms with E-state index in [2.05, 4.69) is 5.32 Å². The molecule has 0 radical (unpaired) electrons. The van der Waals surface area contributed by atoms with Crippen LogP contribution < -0.4 is 11.1 Å². The summed E-state index contributed by atoms with van der Waals surface area (Å²) in [6.07, 6.45) is 0.362. The van der Waals surface area contributed by atoms with Crippen LogP contribution in [0.25, 0.3) is 0 Å². The number of nitrogens with one attached hydrogen (secondary N) is 1. The maximum atomic E-state index is 12.4. The van der Waals surface area contributed by atoms with E-state index in [0.717, 1.165) is 0 Å². The van der Waals surface area contributed by atoms with Gasteiger partial charge in [-0.1, -0.05) is 0 Å². The van der Waals surface area contributed by atoms with Crippen LogP contribution in [-0.2, 0) is 0 Å². The summed E-state index contributed by atoms with van der Waals surface area (Å²) >= 11 is 0. The van der Waals surface area contributed by atoms with Gasteiger partial charge in [-0.05, 0) is 6.42 Å². The quantitative estimate of drug-likeness (QED) is 0.616. The van der Waals surface area contributed by atoms with E-state index in [1.807, 2.05) is 6.07 Å².